The summed E-state index contributed by atoms with van der Waals surface area (Å²) in [7, 11) is 1.28. The fourth-order valence-electron chi connectivity index (χ4n) is 4.38. The van der Waals surface area contributed by atoms with Crippen LogP contribution in [0.3, 0.4) is 0 Å². The van der Waals surface area contributed by atoms with E-state index in [1.54, 1.807) is 6.92 Å². The van der Waals surface area contributed by atoms with Gasteiger partial charge in [0.2, 0.25) is 0 Å². The number of methoxy groups -OCH3 is 1. The molecule has 0 N–H and O–H groups in total. The number of benzene rings is 2. The number of rotatable bonds is 4. The van der Waals surface area contributed by atoms with Crippen LogP contribution in [0.2, 0.25) is 0 Å². The zero-order valence-corrected chi connectivity index (χ0v) is 17.4. The number of hydrogen-bond acceptors (Lipinski definition) is 6. The Hall–Kier alpha value is -3.55. The number of anilines is 1. The van der Waals surface area contributed by atoms with Gasteiger partial charge in [-0.05, 0) is 30.5 Å². The number of amides is 2. The highest BCUT2D eigenvalue weighted by Crippen LogP contribution is 2.50. The monoisotopic (exact) mass is 424 g/mol. The third-order valence-electron chi connectivity index (χ3n) is 5.67. The first-order valence-corrected chi connectivity index (χ1v) is 10.2. The van der Waals surface area contributed by atoms with Crippen LogP contribution in [-0.4, -0.2) is 49.0 Å². The van der Waals surface area contributed by atoms with Crippen molar-refractivity contribution in [1.82, 2.24) is 4.90 Å². The predicted octanol–water partition coefficient (Wildman–Crippen LogP) is 3.66. The molecule has 0 aromatic heterocycles. The van der Waals surface area contributed by atoms with Gasteiger partial charge in [-0.2, -0.15) is 0 Å². The summed E-state index contributed by atoms with van der Waals surface area (Å²) < 4.78 is 15.7. The van der Waals surface area contributed by atoms with E-state index in [1.165, 1.54) is 16.9 Å². The van der Waals surface area contributed by atoms with E-state index in [0.717, 1.165) is 11.1 Å². The van der Waals surface area contributed by atoms with Crippen molar-refractivity contribution in [1.29, 1.82) is 0 Å². The molecule has 2 aliphatic heterocycles. The molecule has 0 radical (unpaired) electrons. The van der Waals surface area contributed by atoms with Gasteiger partial charge in [-0.3, -0.25) is 9.80 Å². The molecule has 3 unspecified atom stereocenters. The van der Waals surface area contributed by atoms with Crippen LogP contribution in [0.5, 0.6) is 0 Å². The standard InChI is InChI=1S/C23H24N2O6/c1-3-30-22(27)24-18-12-8-7-11-16(18)17-13-19(21(26)29-2)25(20(17)24)23(28)31-14-15-9-5-4-6-10-15/h4-12,17,19-20H,3,13-14H2,1-2H3. The van der Waals surface area contributed by atoms with E-state index < -0.39 is 30.4 Å². The molecule has 162 valence electrons. The highest BCUT2D eigenvalue weighted by atomic mass is 16.6. The summed E-state index contributed by atoms with van der Waals surface area (Å²) in [6.07, 6.45) is -1.67. The zero-order chi connectivity index (χ0) is 22.0. The Bertz CT molecular complexity index is 979. The van der Waals surface area contributed by atoms with Gasteiger partial charge in [0.15, 0.2) is 0 Å². The number of carbonyl (C=O) groups is 3. The first-order valence-electron chi connectivity index (χ1n) is 10.2. The van der Waals surface area contributed by atoms with Crippen LogP contribution >= 0.6 is 0 Å². The number of likely N-dealkylation sites (tertiary alicyclic amines) is 1. The first kappa shape index (κ1) is 20.7. The lowest BCUT2D eigenvalue weighted by atomic mass is 9.96. The van der Waals surface area contributed by atoms with Crippen molar-refractivity contribution in [3.63, 3.8) is 0 Å². The number of esters is 1. The predicted molar refractivity (Wildman–Crippen MR) is 111 cm³/mol. The quantitative estimate of drug-likeness (QED) is 0.550. The number of ether oxygens (including phenoxy) is 3. The van der Waals surface area contributed by atoms with E-state index in [1.807, 2.05) is 54.6 Å². The molecule has 1 saturated heterocycles. The van der Waals surface area contributed by atoms with Crippen molar-refractivity contribution < 1.29 is 28.6 Å². The van der Waals surface area contributed by atoms with Gasteiger partial charge >= 0.3 is 18.2 Å². The SMILES string of the molecule is CCOC(=O)N1c2ccccc2C2CC(C(=O)OC)N(C(=O)OCc3ccccc3)C21. The molecule has 2 aromatic rings. The molecule has 0 bridgehead atoms. The van der Waals surface area contributed by atoms with Crippen molar-refractivity contribution in [2.24, 2.45) is 0 Å². The molecule has 0 spiro atoms. The van der Waals surface area contributed by atoms with Gasteiger partial charge in [0.1, 0.15) is 18.8 Å². The van der Waals surface area contributed by atoms with Crippen molar-refractivity contribution in [3.8, 4) is 0 Å². The van der Waals surface area contributed by atoms with Gasteiger partial charge < -0.3 is 14.2 Å². The van der Waals surface area contributed by atoms with Crippen LogP contribution in [0.4, 0.5) is 15.3 Å². The van der Waals surface area contributed by atoms with Crippen molar-refractivity contribution >= 4 is 23.8 Å². The average Bonchev–Trinajstić information content (AvgIpc) is 3.32. The Morgan fingerprint density at radius 3 is 2.39 bits per heavy atom. The second kappa shape index (κ2) is 8.67. The fraction of sp³-hybridized carbons (Fsp3) is 0.348. The third-order valence-corrected chi connectivity index (χ3v) is 5.67. The minimum absolute atomic E-state index is 0.0494. The maximum Gasteiger partial charge on any atom is 0.416 e. The lowest BCUT2D eigenvalue weighted by Gasteiger charge is -2.33. The third kappa shape index (κ3) is 3.69. The molecule has 1 fully saturated rings. The summed E-state index contributed by atoms with van der Waals surface area (Å²) in [5, 5.41) is 0. The van der Waals surface area contributed by atoms with Crippen molar-refractivity contribution in [2.45, 2.75) is 38.1 Å². The number of hydrogen-bond donors (Lipinski definition) is 0. The molecule has 2 aromatic carbocycles. The van der Waals surface area contributed by atoms with Crippen LogP contribution < -0.4 is 4.90 Å². The Morgan fingerprint density at radius 1 is 0.968 bits per heavy atom. The summed E-state index contributed by atoms with van der Waals surface area (Å²) in [5.74, 6) is -0.804. The molecule has 2 amide bonds. The minimum atomic E-state index is -0.867. The number of para-hydroxylation sites is 1. The highest BCUT2D eigenvalue weighted by molar-refractivity contribution is 5.94. The van der Waals surface area contributed by atoms with Crippen molar-refractivity contribution in [3.05, 3.63) is 65.7 Å². The Morgan fingerprint density at radius 2 is 1.68 bits per heavy atom. The smallest absolute Gasteiger partial charge is 0.416 e. The molecule has 0 saturated carbocycles. The zero-order valence-electron chi connectivity index (χ0n) is 17.4. The Kier molecular flexibility index (Phi) is 5.79. The first-order chi connectivity index (χ1) is 15.1. The summed E-state index contributed by atoms with van der Waals surface area (Å²) in [6.45, 7) is 1.96. The maximum absolute atomic E-state index is 13.2. The van der Waals surface area contributed by atoms with Crippen LogP contribution in [-0.2, 0) is 25.6 Å². The van der Waals surface area contributed by atoms with Gasteiger partial charge in [0.25, 0.3) is 0 Å². The lowest BCUT2D eigenvalue weighted by molar-refractivity contribution is -0.145. The van der Waals surface area contributed by atoms with Crippen LogP contribution in [0, 0.1) is 0 Å². The second-order valence-electron chi connectivity index (χ2n) is 7.37. The summed E-state index contributed by atoms with van der Waals surface area (Å²) in [5.41, 5.74) is 2.37. The van der Waals surface area contributed by atoms with Gasteiger partial charge in [-0.1, -0.05) is 48.5 Å². The van der Waals surface area contributed by atoms with Crippen LogP contribution in [0.25, 0.3) is 0 Å². The van der Waals surface area contributed by atoms with E-state index >= 15 is 0 Å². The summed E-state index contributed by atoms with van der Waals surface area (Å²) >= 11 is 0. The van der Waals surface area contributed by atoms with E-state index in [2.05, 4.69) is 0 Å². The number of fused-ring (bicyclic) bond motifs is 3. The van der Waals surface area contributed by atoms with E-state index in [4.69, 9.17) is 14.2 Å². The normalized spacial score (nSPS) is 21.3. The van der Waals surface area contributed by atoms with E-state index in [9.17, 15) is 14.4 Å². The van der Waals surface area contributed by atoms with Gasteiger partial charge in [0.05, 0.1) is 19.4 Å². The second-order valence-corrected chi connectivity index (χ2v) is 7.37. The lowest BCUT2D eigenvalue weighted by Crippen LogP contribution is -2.54. The highest BCUT2D eigenvalue weighted by Gasteiger charge is 2.57. The summed E-state index contributed by atoms with van der Waals surface area (Å²) in [6, 6.07) is 15.8. The van der Waals surface area contributed by atoms with Gasteiger partial charge in [0, 0.05) is 5.92 Å². The molecule has 2 aliphatic rings. The molecule has 3 atom stereocenters. The summed E-state index contributed by atoms with van der Waals surface area (Å²) in [4.78, 5) is 41.3. The molecule has 4 rings (SSSR count). The topological polar surface area (TPSA) is 85.4 Å². The molecule has 0 aliphatic carbocycles. The van der Waals surface area contributed by atoms with Crippen LogP contribution in [0.1, 0.15) is 30.4 Å². The van der Waals surface area contributed by atoms with E-state index in [-0.39, 0.29) is 19.1 Å². The van der Waals surface area contributed by atoms with Crippen molar-refractivity contribution in [2.75, 3.05) is 18.6 Å². The average molecular weight is 424 g/mol. The minimum Gasteiger partial charge on any atom is -0.467 e. The Labute approximate surface area is 180 Å². The molecule has 8 nitrogen and oxygen atoms in total. The Balaban J connectivity index is 1.68. The van der Waals surface area contributed by atoms with Gasteiger partial charge in [-0.15, -0.1) is 0 Å². The van der Waals surface area contributed by atoms with Gasteiger partial charge in [-0.25, -0.2) is 14.4 Å². The van der Waals surface area contributed by atoms with Crippen LogP contribution in [0.15, 0.2) is 54.6 Å². The molecule has 2 heterocycles. The molecular formula is C23H24N2O6. The van der Waals surface area contributed by atoms with E-state index in [0.29, 0.717) is 12.1 Å². The number of carbonyl (C=O) groups excluding carboxylic acids is 3. The molecular weight excluding hydrogens is 400 g/mol. The fourth-order valence-corrected chi connectivity index (χ4v) is 4.38. The number of nitrogens with zero attached hydrogens (tertiary/aromatic N) is 2. The molecule has 8 heteroatoms. The molecule has 31 heavy (non-hydrogen) atoms. The maximum atomic E-state index is 13.2. The largest absolute Gasteiger partial charge is 0.467 e.